The molecule has 0 saturated carbocycles. The highest BCUT2D eigenvalue weighted by Gasteiger charge is 2.24. The first-order valence-electron chi connectivity index (χ1n) is 5.57. The summed E-state index contributed by atoms with van der Waals surface area (Å²) in [5.41, 5.74) is 0. The third-order valence-corrected chi connectivity index (χ3v) is 5.23. The monoisotopic (exact) mass is 316 g/mol. The minimum absolute atomic E-state index is 0.280. The predicted octanol–water partition coefficient (Wildman–Crippen LogP) is 2.99. The lowest BCUT2D eigenvalue weighted by Crippen LogP contribution is -2.17. The summed E-state index contributed by atoms with van der Waals surface area (Å²) < 4.78 is 50.4. The van der Waals surface area contributed by atoms with Crippen molar-refractivity contribution >= 4 is 27.0 Å². The van der Waals surface area contributed by atoms with Crippen molar-refractivity contribution in [1.82, 2.24) is 0 Å². The molecule has 0 radical (unpaired) electrons. The average Bonchev–Trinajstić information content (AvgIpc) is 2.78. The second-order valence-corrected chi connectivity index (χ2v) is 7.41. The Morgan fingerprint density at radius 1 is 1.20 bits per heavy atom. The molecule has 2 aromatic rings. The molecule has 7 heteroatoms. The van der Waals surface area contributed by atoms with Gasteiger partial charge >= 0.3 is 0 Å². The van der Waals surface area contributed by atoms with Crippen molar-refractivity contribution in [2.45, 2.75) is 11.8 Å². The minimum Gasteiger partial charge on any atom is -0.292 e. The first kappa shape index (κ1) is 14.8. The van der Waals surface area contributed by atoms with Crippen LogP contribution in [0.25, 0.3) is 0 Å². The van der Waals surface area contributed by atoms with E-state index in [4.69, 9.17) is 0 Å². The van der Waals surface area contributed by atoms with Crippen molar-refractivity contribution in [3.05, 3.63) is 51.7 Å². The van der Waals surface area contributed by atoms with Crippen LogP contribution in [-0.2, 0) is 9.84 Å². The topological polar surface area (TPSA) is 51.2 Å². The van der Waals surface area contributed by atoms with Crippen molar-refractivity contribution in [1.29, 1.82) is 0 Å². The normalized spacial score (nSPS) is 11.6. The number of Topliss-reactive ketones (excluding diaryl/α,β-unsaturated/α-hetero) is 1. The summed E-state index contributed by atoms with van der Waals surface area (Å²) in [5.74, 6) is -3.45. The number of halogens is 2. The number of rotatable bonds is 4. The molecule has 1 aromatic carbocycles. The number of hydrogen-bond acceptors (Lipinski definition) is 4. The number of thiophene rings is 1. The number of carbonyl (C=O) groups excluding carboxylic acids is 1. The summed E-state index contributed by atoms with van der Waals surface area (Å²) in [6, 6.07) is 5.32. The summed E-state index contributed by atoms with van der Waals surface area (Å²) in [5, 5.41) is 0. The molecule has 0 aliphatic carbocycles. The molecular weight excluding hydrogens is 306 g/mol. The van der Waals surface area contributed by atoms with E-state index >= 15 is 0 Å². The Hall–Kier alpha value is -1.60. The molecule has 0 amide bonds. The maximum absolute atomic E-state index is 13.5. The Balaban J connectivity index is 2.32. The quantitative estimate of drug-likeness (QED) is 0.815. The van der Waals surface area contributed by atoms with E-state index in [9.17, 15) is 22.0 Å². The van der Waals surface area contributed by atoms with Gasteiger partial charge in [-0.05, 0) is 37.3 Å². The smallest absolute Gasteiger partial charge is 0.188 e. The molecule has 0 unspecified atom stereocenters. The molecule has 20 heavy (non-hydrogen) atoms. The average molecular weight is 316 g/mol. The molecule has 0 spiro atoms. The van der Waals surface area contributed by atoms with Crippen LogP contribution >= 0.6 is 11.3 Å². The second kappa shape index (κ2) is 5.41. The summed E-state index contributed by atoms with van der Waals surface area (Å²) in [6.45, 7) is 1.78. The predicted molar refractivity (Wildman–Crippen MR) is 71.8 cm³/mol. The van der Waals surface area contributed by atoms with Gasteiger partial charge in [-0.1, -0.05) is 0 Å². The van der Waals surface area contributed by atoms with E-state index in [0.29, 0.717) is 6.07 Å². The van der Waals surface area contributed by atoms with E-state index in [1.54, 1.807) is 13.0 Å². The van der Waals surface area contributed by atoms with Crippen LogP contribution in [0.3, 0.4) is 0 Å². The zero-order chi connectivity index (χ0) is 14.9. The largest absolute Gasteiger partial charge is 0.292 e. The Labute approximate surface area is 118 Å². The summed E-state index contributed by atoms with van der Waals surface area (Å²) in [6.07, 6.45) is 0. The first-order chi connectivity index (χ1) is 9.29. The molecule has 106 valence electrons. The molecule has 0 aliphatic rings. The number of hydrogen-bond donors (Lipinski definition) is 0. The van der Waals surface area contributed by atoms with E-state index in [2.05, 4.69) is 0 Å². The molecular formula is C13H10F2O3S2. The highest BCUT2D eigenvalue weighted by Crippen LogP contribution is 2.21. The van der Waals surface area contributed by atoms with Gasteiger partial charge < -0.3 is 0 Å². The number of sulfone groups is 1. The van der Waals surface area contributed by atoms with Crippen molar-refractivity contribution in [2.24, 2.45) is 0 Å². The molecule has 0 aliphatic heterocycles. The summed E-state index contributed by atoms with van der Waals surface area (Å²) in [7, 11) is -4.21. The Morgan fingerprint density at radius 3 is 2.50 bits per heavy atom. The number of aryl methyl sites for hydroxylation is 1. The standard InChI is InChI=1S/C13H10F2O3S2/c1-8-2-5-12(19-8)11(16)7-20(17,18)13-6-9(14)3-4-10(13)15/h2-6H,7H2,1H3. The lowest BCUT2D eigenvalue weighted by Gasteiger charge is -2.04. The highest BCUT2D eigenvalue weighted by molar-refractivity contribution is 7.92. The van der Waals surface area contributed by atoms with Crippen molar-refractivity contribution in [2.75, 3.05) is 5.75 Å². The van der Waals surface area contributed by atoms with Crippen LogP contribution in [0.5, 0.6) is 0 Å². The van der Waals surface area contributed by atoms with E-state index in [-0.39, 0.29) is 4.88 Å². The molecule has 0 atom stereocenters. The van der Waals surface area contributed by atoms with E-state index in [1.807, 2.05) is 0 Å². The van der Waals surface area contributed by atoms with Gasteiger partial charge in [0.2, 0.25) is 0 Å². The molecule has 2 rings (SSSR count). The van der Waals surface area contributed by atoms with Gasteiger partial charge in [0.15, 0.2) is 15.6 Å². The van der Waals surface area contributed by atoms with Crippen molar-refractivity contribution in [3.63, 3.8) is 0 Å². The Bertz CT molecular complexity index is 764. The third kappa shape index (κ3) is 3.10. The summed E-state index contributed by atoms with van der Waals surface area (Å²) in [4.78, 5) is 12.2. The van der Waals surface area contributed by atoms with Crippen molar-refractivity contribution < 1.29 is 22.0 Å². The first-order valence-corrected chi connectivity index (χ1v) is 8.04. The Morgan fingerprint density at radius 2 is 1.90 bits per heavy atom. The molecule has 0 N–H and O–H groups in total. The van der Waals surface area contributed by atoms with Gasteiger partial charge in [-0.2, -0.15) is 0 Å². The maximum Gasteiger partial charge on any atom is 0.188 e. The second-order valence-electron chi connectivity index (χ2n) is 4.17. The fourth-order valence-electron chi connectivity index (χ4n) is 1.62. The number of carbonyl (C=O) groups is 1. The van der Waals surface area contributed by atoms with Crippen LogP contribution in [0.2, 0.25) is 0 Å². The third-order valence-electron chi connectivity index (χ3n) is 2.56. The van der Waals surface area contributed by atoms with Crippen LogP contribution in [0.4, 0.5) is 8.78 Å². The molecule has 3 nitrogen and oxygen atoms in total. The molecule has 0 fully saturated rings. The van der Waals surface area contributed by atoms with Gasteiger partial charge in [0.1, 0.15) is 22.3 Å². The number of ketones is 1. The van der Waals surface area contributed by atoms with Gasteiger partial charge in [0, 0.05) is 4.88 Å². The zero-order valence-corrected chi connectivity index (χ0v) is 12.0. The van der Waals surface area contributed by atoms with Gasteiger partial charge in [-0.15, -0.1) is 11.3 Å². The van der Waals surface area contributed by atoms with Crippen LogP contribution in [0.15, 0.2) is 35.2 Å². The van der Waals surface area contributed by atoms with Crippen LogP contribution in [0.1, 0.15) is 14.5 Å². The fraction of sp³-hybridized carbons (Fsp3) is 0.154. The van der Waals surface area contributed by atoms with Crippen LogP contribution in [-0.4, -0.2) is 20.0 Å². The zero-order valence-electron chi connectivity index (χ0n) is 10.4. The van der Waals surface area contributed by atoms with Gasteiger partial charge in [0.05, 0.1) is 4.88 Å². The molecule has 1 heterocycles. The number of benzene rings is 1. The van der Waals surface area contributed by atoms with Gasteiger partial charge in [0.25, 0.3) is 0 Å². The lowest BCUT2D eigenvalue weighted by molar-refractivity contribution is 0.102. The van der Waals surface area contributed by atoms with Crippen LogP contribution < -0.4 is 0 Å². The van der Waals surface area contributed by atoms with Gasteiger partial charge in [-0.3, -0.25) is 4.79 Å². The van der Waals surface area contributed by atoms with E-state index in [0.717, 1.165) is 28.3 Å². The summed E-state index contributed by atoms with van der Waals surface area (Å²) >= 11 is 1.16. The Kier molecular flexibility index (Phi) is 4.01. The van der Waals surface area contributed by atoms with E-state index < -0.39 is 37.9 Å². The highest BCUT2D eigenvalue weighted by atomic mass is 32.2. The lowest BCUT2D eigenvalue weighted by atomic mass is 10.3. The van der Waals surface area contributed by atoms with Crippen LogP contribution in [0, 0.1) is 18.6 Å². The molecule has 1 aromatic heterocycles. The molecule has 0 bridgehead atoms. The molecule has 0 saturated heterocycles. The maximum atomic E-state index is 13.5. The minimum atomic E-state index is -4.21. The van der Waals surface area contributed by atoms with Crippen molar-refractivity contribution in [3.8, 4) is 0 Å². The fourth-order valence-corrected chi connectivity index (χ4v) is 3.83. The van der Waals surface area contributed by atoms with Gasteiger partial charge in [-0.25, -0.2) is 17.2 Å². The van der Waals surface area contributed by atoms with E-state index in [1.165, 1.54) is 6.07 Å². The SMILES string of the molecule is Cc1ccc(C(=O)CS(=O)(=O)c2cc(F)ccc2F)s1.